The van der Waals surface area contributed by atoms with Gasteiger partial charge in [-0.05, 0) is 0 Å². The van der Waals surface area contributed by atoms with Crippen molar-refractivity contribution in [1.29, 1.82) is 0 Å². The Morgan fingerprint density at radius 1 is 1.06 bits per heavy atom. The summed E-state index contributed by atoms with van der Waals surface area (Å²) in [5.74, 6) is 0. The van der Waals surface area contributed by atoms with E-state index in [1.165, 1.54) is 0 Å². The van der Waals surface area contributed by atoms with Gasteiger partial charge in [0.1, 0.15) is 30.5 Å². The van der Waals surface area contributed by atoms with Crippen molar-refractivity contribution in [3.05, 3.63) is 33.1 Å². The van der Waals surface area contributed by atoms with E-state index in [0.29, 0.717) is 0 Å². The van der Waals surface area contributed by atoms with E-state index in [9.17, 15) is 48.9 Å². The number of phosphoric ester groups is 2. The first-order valence-corrected chi connectivity index (χ1v) is 12.8. The standard InChI is InChI=1S/C15H24N2O16P2/c18-4-7-11(21)6(19)3-10(30-7)32-35(27,28)33-34(25,26)29-5-8-12(22)13(23)14(31-8)17-2-1-9(20)16-15(17)24/h1-2,6-8,10-14,18-19,21-23H,3-5H2,(H,25,26)(H,27,28)(H,16,20,24)/p-2/t6-,7-,8-,10-,11+,12-,13-,14-/m1/s1. The lowest BCUT2D eigenvalue weighted by Gasteiger charge is -2.39. The zero-order valence-corrected chi connectivity index (χ0v) is 19.3. The lowest BCUT2D eigenvalue weighted by Crippen LogP contribution is -2.50. The molecule has 2 unspecified atom stereocenters. The zero-order chi connectivity index (χ0) is 26.1. The molecule has 3 heterocycles. The summed E-state index contributed by atoms with van der Waals surface area (Å²) in [4.78, 5) is 48.9. The van der Waals surface area contributed by atoms with Crippen LogP contribution in [0.5, 0.6) is 0 Å². The van der Waals surface area contributed by atoms with Crippen LogP contribution in [0.2, 0.25) is 0 Å². The Hall–Kier alpha value is -1.34. The molecule has 0 aliphatic carbocycles. The quantitative estimate of drug-likeness (QED) is 0.157. The topological polar surface area (TPSA) is 282 Å². The minimum Gasteiger partial charge on any atom is -0.756 e. The normalized spacial score (nSPS) is 37.0. The third-order valence-corrected chi connectivity index (χ3v) is 7.58. The molecule has 2 fully saturated rings. The Bertz CT molecular complexity index is 1090. The van der Waals surface area contributed by atoms with Crippen molar-refractivity contribution in [2.45, 2.75) is 55.6 Å². The predicted molar refractivity (Wildman–Crippen MR) is 103 cm³/mol. The highest BCUT2D eigenvalue weighted by Crippen LogP contribution is 2.57. The molecule has 200 valence electrons. The number of aromatic amines is 1. The average Bonchev–Trinajstić information content (AvgIpc) is 3.02. The Balaban J connectivity index is 1.59. The van der Waals surface area contributed by atoms with Gasteiger partial charge in [0.15, 0.2) is 12.5 Å². The maximum Gasteiger partial charge on any atom is 0.330 e. The number of aliphatic hydroxyl groups is 5. The van der Waals surface area contributed by atoms with E-state index in [1.807, 2.05) is 4.98 Å². The van der Waals surface area contributed by atoms with Crippen LogP contribution in [0.1, 0.15) is 12.6 Å². The minimum absolute atomic E-state index is 0.608. The van der Waals surface area contributed by atoms with Crippen LogP contribution in [0.15, 0.2) is 21.9 Å². The van der Waals surface area contributed by atoms with Gasteiger partial charge in [0.2, 0.25) is 0 Å². The maximum atomic E-state index is 12.0. The number of nitrogens with one attached hydrogen (secondary N) is 1. The molecule has 0 spiro atoms. The van der Waals surface area contributed by atoms with Gasteiger partial charge in [0.25, 0.3) is 21.2 Å². The molecule has 18 nitrogen and oxygen atoms in total. The molecule has 0 aromatic carbocycles. The van der Waals surface area contributed by atoms with Crippen molar-refractivity contribution in [3.63, 3.8) is 0 Å². The molecule has 20 heteroatoms. The number of ether oxygens (including phenoxy) is 2. The lowest BCUT2D eigenvalue weighted by atomic mass is 10.0. The molecule has 2 aliphatic heterocycles. The fraction of sp³-hybridized carbons (Fsp3) is 0.733. The van der Waals surface area contributed by atoms with E-state index in [1.54, 1.807) is 0 Å². The summed E-state index contributed by atoms with van der Waals surface area (Å²) < 4.78 is 47.5. The summed E-state index contributed by atoms with van der Waals surface area (Å²) >= 11 is 0. The molecule has 2 aliphatic rings. The smallest absolute Gasteiger partial charge is 0.330 e. The third-order valence-electron chi connectivity index (χ3n) is 5.02. The van der Waals surface area contributed by atoms with Gasteiger partial charge in [-0.1, -0.05) is 0 Å². The van der Waals surface area contributed by atoms with Crippen LogP contribution in [-0.4, -0.2) is 91.2 Å². The van der Waals surface area contributed by atoms with Gasteiger partial charge in [-0.25, -0.2) is 9.11 Å². The second kappa shape index (κ2) is 11.0. The molecule has 2 saturated heterocycles. The number of hydrogen-bond acceptors (Lipinski definition) is 16. The predicted octanol–water partition coefficient (Wildman–Crippen LogP) is -5.03. The van der Waals surface area contributed by atoms with Crippen LogP contribution in [0.25, 0.3) is 0 Å². The van der Waals surface area contributed by atoms with Gasteiger partial charge in [-0.3, -0.25) is 28.0 Å². The van der Waals surface area contributed by atoms with Gasteiger partial charge >= 0.3 is 5.69 Å². The van der Waals surface area contributed by atoms with E-state index in [0.717, 1.165) is 16.8 Å². The van der Waals surface area contributed by atoms with Crippen LogP contribution in [0, 0.1) is 0 Å². The number of phosphoric acid groups is 2. The van der Waals surface area contributed by atoms with E-state index in [-0.39, 0.29) is 0 Å². The molecular weight excluding hydrogens is 526 g/mol. The fourth-order valence-corrected chi connectivity index (χ4v) is 5.41. The van der Waals surface area contributed by atoms with Gasteiger partial charge < -0.3 is 49.3 Å². The highest BCUT2D eigenvalue weighted by Gasteiger charge is 2.45. The first-order valence-electron chi connectivity index (χ1n) is 9.85. The number of aromatic nitrogens is 2. The molecule has 0 amide bonds. The average molecular weight is 548 g/mol. The van der Waals surface area contributed by atoms with Crippen molar-refractivity contribution >= 4 is 15.6 Å². The molecular formula is C15H22N2O16P2-2. The molecule has 1 aromatic rings. The van der Waals surface area contributed by atoms with Crippen molar-refractivity contribution < 1.29 is 67.3 Å². The fourth-order valence-electron chi connectivity index (χ4n) is 3.33. The zero-order valence-electron chi connectivity index (χ0n) is 17.5. The van der Waals surface area contributed by atoms with E-state index in [2.05, 4.69) is 13.4 Å². The van der Waals surface area contributed by atoms with Crippen LogP contribution >= 0.6 is 15.6 Å². The monoisotopic (exact) mass is 548 g/mol. The highest BCUT2D eigenvalue weighted by molar-refractivity contribution is 7.59. The second-order valence-electron chi connectivity index (χ2n) is 7.52. The number of hydrogen-bond donors (Lipinski definition) is 6. The van der Waals surface area contributed by atoms with Gasteiger partial charge in [-0.15, -0.1) is 0 Å². The first kappa shape index (κ1) is 28.2. The van der Waals surface area contributed by atoms with Crippen molar-refractivity contribution in [2.75, 3.05) is 13.2 Å². The Kier molecular flexibility index (Phi) is 8.84. The minimum atomic E-state index is -5.71. The van der Waals surface area contributed by atoms with Crippen LogP contribution in [-0.2, 0) is 32.0 Å². The number of rotatable bonds is 9. The highest BCUT2D eigenvalue weighted by atomic mass is 31.3. The molecule has 35 heavy (non-hydrogen) atoms. The van der Waals surface area contributed by atoms with Gasteiger partial charge in [-0.2, -0.15) is 0 Å². The molecule has 1 aromatic heterocycles. The van der Waals surface area contributed by atoms with Gasteiger partial charge in [0, 0.05) is 18.7 Å². The summed E-state index contributed by atoms with van der Waals surface area (Å²) in [6.45, 7) is -1.88. The van der Waals surface area contributed by atoms with Crippen LogP contribution in [0.3, 0.4) is 0 Å². The molecule has 6 N–H and O–H groups in total. The lowest BCUT2D eigenvalue weighted by molar-refractivity contribution is -0.278. The van der Waals surface area contributed by atoms with Crippen molar-refractivity contribution in [3.8, 4) is 0 Å². The SMILES string of the molecule is O=c1ccn([C@@H]2O[C@H](COP(=O)([O-])OP(=O)([O-])O[C@@H]3C[C@@H](O)[C@H](O)[C@@H](CO)O3)[C@@H](O)[C@H]2O)c(=O)[nH]1. The van der Waals surface area contributed by atoms with E-state index in [4.69, 9.17) is 14.6 Å². The Labute approximate surface area is 195 Å². The first-order chi connectivity index (χ1) is 16.2. The molecule has 0 radical (unpaired) electrons. The van der Waals surface area contributed by atoms with Gasteiger partial charge in [0.05, 0.1) is 19.3 Å². The third kappa shape index (κ3) is 6.91. The van der Waals surface area contributed by atoms with Crippen molar-refractivity contribution in [2.24, 2.45) is 0 Å². The number of H-pyrrole nitrogens is 1. The summed E-state index contributed by atoms with van der Waals surface area (Å²) in [6, 6.07) is 0.928. The summed E-state index contributed by atoms with van der Waals surface area (Å²) in [6.07, 6.45) is -12.7. The second-order valence-corrected chi connectivity index (χ2v) is 10.4. The largest absolute Gasteiger partial charge is 0.756 e. The summed E-state index contributed by atoms with van der Waals surface area (Å²) in [5.41, 5.74) is -1.74. The number of nitrogens with zero attached hydrogens (tertiary/aromatic N) is 1. The Morgan fingerprint density at radius 2 is 1.74 bits per heavy atom. The van der Waals surface area contributed by atoms with E-state index < -0.39 is 95.7 Å². The van der Waals surface area contributed by atoms with Crippen molar-refractivity contribution in [1.82, 2.24) is 9.55 Å². The molecule has 0 bridgehead atoms. The number of aliphatic hydroxyl groups excluding tert-OH is 5. The molecule has 10 atom stereocenters. The molecule has 3 rings (SSSR count). The maximum absolute atomic E-state index is 12.0. The summed E-state index contributed by atoms with van der Waals surface area (Å²) in [5, 5.41) is 48.6. The molecule has 0 saturated carbocycles. The Morgan fingerprint density at radius 3 is 2.37 bits per heavy atom. The summed E-state index contributed by atoms with van der Waals surface area (Å²) in [7, 11) is -11.4. The van der Waals surface area contributed by atoms with Crippen LogP contribution < -0.4 is 21.0 Å². The van der Waals surface area contributed by atoms with Crippen LogP contribution in [0.4, 0.5) is 0 Å². The van der Waals surface area contributed by atoms with E-state index >= 15 is 0 Å².